The van der Waals surface area contributed by atoms with Gasteiger partial charge in [0, 0.05) is 16.7 Å². The lowest BCUT2D eigenvalue weighted by Gasteiger charge is -2.02. The van der Waals surface area contributed by atoms with Gasteiger partial charge in [-0.25, -0.2) is 8.42 Å². The van der Waals surface area contributed by atoms with Crippen LogP contribution in [-0.4, -0.2) is 21.2 Å². The van der Waals surface area contributed by atoms with E-state index in [0.717, 1.165) is 0 Å². The predicted octanol–water partition coefficient (Wildman–Crippen LogP) is 1.89. The van der Waals surface area contributed by atoms with Gasteiger partial charge in [-0.2, -0.15) is 0 Å². The predicted molar refractivity (Wildman–Crippen MR) is 65.9 cm³/mol. The van der Waals surface area contributed by atoms with Crippen molar-refractivity contribution < 1.29 is 8.42 Å². The number of hydrogen-bond acceptors (Lipinski definition) is 3. The lowest BCUT2D eigenvalue weighted by molar-refractivity contribution is 0.601. The van der Waals surface area contributed by atoms with Gasteiger partial charge in [0.1, 0.15) is 0 Å². The van der Waals surface area contributed by atoms with Crippen LogP contribution in [0, 0.1) is 11.8 Å². The van der Waals surface area contributed by atoms with E-state index < -0.39 is 9.84 Å². The first-order valence-electron chi connectivity index (χ1n) is 4.78. The van der Waals surface area contributed by atoms with Crippen LogP contribution in [0.5, 0.6) is 0 Å². The first-order chi connectivity index (χ1) is 8.03. The molecule has 0 aliphatic heterocycles. The summed E-state index contributed by atoms with van der Waals surface area (Å²) in [7, 11) is -3.08. The van der Waals surface area contributed by atoms with E-state index in [1.54, 1.807) is 24.3 Å². The van der Waals surface area contributed by atoms with Gasteiger partial charge in [-0.1, -0.05) is 35.2 Å². The highest BCUT2D eigenvalue weighted by Crippen LogP contribution is 2.10. The lowest BCUT2D eigenvalue weighted by atomic mass is 10.1. The van der Waals surface area contributed by atoms with E-state index in [2.05, 4.69) is 21.9 Å². The van der Waals surface area contributed by atoms with Gasteiger partial charge in [0.05, 0.1) is 12.3 Å². The number of benzene rings is 1. The summed E-state index contributed by atoms with van der Waals surface area (Å²) in [6.45, 7) is 0.0731. The van der Waals surface area contributed by atoms with E-state index in [-0.39, 0.29) is 12.3 Å². The van der Waals surface area contributed by atoms with Gasteiger partial charge in [0.25, 0.3) is 0 Å². The van der Waals surface area contributed by atoms with Crippen LogP contribution in [0.15, 0.2) is 29.4 Å². The van der Waals surface area contributed by atoms with Crippen LogP contribution in [0.3, 0.4) is 0 Å². The zero-order valence-corrected chi connectivity index (χ0v) is 10.1. The van der Waals surface area contributed by atoms with Crippen LogP contribution < -0.4 is 0 Å². The fourth-order valence-electron chi connectivity index (χ4n) is 1.25. The molecule has 88 valence electrons. The van der Waals surface area contributed by atoms with Crippen molar-refractivity contribution in [2.45, 2.75) is 5.75 Å². The van der Waals surface area contributed by atoms with Crippen molar-refractivity contribution in [3.63, 3.8) is 0 Å². The fourth-order valence-corrected chi connectivity index (χ4v) is 2.07. The quantitative estimate of drug-likeness (QED) is 0.354. The Morgan fingerprint density at radius 2 is 2.12 bits per heavy atom. The standard InChI is InChI=1S/C11H11N3O2S/c1-17(15,16)9-11-6-3-2-5-10(11)7-4-8-13-14-12/h2-3,5-6H,8-9H2,1H3. The van der Waals surface area contributed by atoms with Gasteiger partial charge in [-0.05, 0) is 17.2 Å². The van der Waals surface area contributed by atoms with Crippen molar-refractivity contribution in [3.8, 4) is 11.8 Å². The zero-order valence-electron chi connectivity index (χ0n) is 9.29. The largest absolute Gasteiger partial charge is 0.229 e. The summed E-state index contributed by atoms with van der Waals surface area (Å²) in [6.07, 6.45) is 1.18. The maximum Gasteiger partial charge on any atom is 0.151 e. The van der Waals surface area contributed by atoms with E-state index in [9.17, 15) is 8.42 Å². The molecule has 17 heavy (non-hydrogen) atoms. The highest BCUT2D eigenvalue weighted by atomic mass is 32.2. The van der Waals surface area contributed by atoms with E-state index in [0.29, 0.717) is 11.1 Å². The van der Waals surface area contributed by atoms with Crippen molar-refractivity contribution in [3.05, 3.63) is 45.8 Å². The summed E-state index contributed by atoms with van der Waals surface area (Å²) in [6, 6.07) is 7.00. The molecule has 0 aromatic heterocycles. The molecule has 0 N–H and O–H groups in total. The maximum atomic E-state index is 11.2. The normalized spacial score (nSPS) is 9.94. The molecule has 0 bridgehead atoms. The molecular formula is C11H11N3O2S. The number of azide groups is 1. The molecule has 0 heterocycles. The summed E-state index contributed by atoms with van der Waals surface area (Å²) < 4.78 is 22.4. The van der Waals surface area contributed by atoms with Crippen molar-refractivity contribution in [2.24, 2.45) is 5.11 Å². The molecule has 0 amide bonds. The Hall–Kier alpha value is -1.96. The molecule has 0 aliphatic carbocycles. The second-order valence-electron chi connectivity index (χ2n) is 3.42. The maximum absolute atomic E-state index is 11.2. The van der Waals surface area contributed by atoms with Crippen molar-refractivity contribution in [2.75, 3.05) is 12.8 Å². The topological polar surface area (TPSA) is 82.9 Å². The number of nitrogens with zero attached hydrogens (tertiary/aromatic N) is 3. The second kappa shape index (κ2) is 5.94. The van der Waals surface area contributed by atoms with Crippen LogP contribution in [0.1, 0.15) is 11.1 Å². The molecule has 0 unspecified atom stereocenters. The van der Waals surface area contributed by atoms with Gasteiger partial charge < -0.3 is 0 Å². The Morgan fingerprint density at radius 3 is 2.76 bits per heavy atom. The fraction of sp³-hybridized carbons (Fsp3) is 0.273. The molecule has 0 saturated carbocycles. The lowest BCUT2D eigenvalue weighted by Crippen LogP contribution is -2.02. The van der Waals surface area contributed by atoms with Gasteiger partial charge in [0.15, 0.2) is 9.84 Å². The minimum absolute atomic E-state index is 0.0423. The Morgan fingerprint density at radius 1 is 1.41 bits per heavy atom. The number of sulfone groups is 1. The molecule has 0 atom stereocenters. The molecule has 1 aromatic rings. The summed E-state index contributed by atoms with van der Waals surface area (Å²) in [4.78, 5) is 2.58. The van der Waals surface area contributed by atoms with E-state index in [1.165, 1.54) is 6.26 Å². The van der Waals surface area contributed by atoms with Gasteiger partial charge >= 0.3 is 0 Å². The number of rotatable bonds is 3. The van der Waals surface area contributed by atoms with E-state index in [4.69, 9.17) is 5.53 Å². The third kappa shape index (κ3) is 5.07. The first-order valence-corrected chi connectivity index (χ1v) is 6.84. The molecule has 0 spiro atoms. The highest BCUT2D eigenvalue weighted by Gasteiger charge is 2.07. The smallest absolute Gasteiger partial charge is 0.151 e. The Bertz CT molecular complexity index is 605. The minimum atomic E-state index is -3.08. The summed E-state index contributed by atoms with van der Waals surface area (Å²) in [5.74, 6) is 5.41. The van der Waals surface area contributed by atoms with Gasteiger partial charge in [0.2, 0.25) is 0 Å². The molecule has 1 rings (SSSR count). The van der Waals surface area contributed by atoms with Crippen LogP contribution in [-0.2, 0) is 15.6 Å². The van der Waals surface area contributed by atoms with Crippen molar-refractivity contribution >= 4 is 9.84 Å². The van der Waals surface area contributed by atoms with E-state index in [1.807, 2.05) is 0 Å². The third-order valence-corrected chi connectivity index (χ3v) is 2.71. The zero-order chi connectivity index (χ0) is 12.7. The van der Waals surface area contributed by atoms with Gasteiger partial charge in [-0.15, -0.1) is 0 Å². The minimum Gasteiger partial charge on any atom is -0.229 e. The Labute approximate surface area is 100 Å². The van der Waals surface area contributed by atoms with Gasteiger partial charge in [-0.3, -0.25) is 0 Å². The van der Waals surface area contributed by atoms with Crippen LogP contribution in [0.25, 0.3) is 10.4 Å². The van der Waals surface area contributed by atoms with Crippen LogP contribution in [0.4, 0.5) is 0 Å². The Kier molecular flexibility index (Phi) is 4.58. The van der Waals surface area contributed by atoms with Crippen LogP contribution in [0.2, 0.25) is 0 Å². The molecule has 0 fully saturated rings. The molecule has 6 heteroatoms. The first kappa shape index (κ1) is 13.1. The molecule has 0 radical (unpaired) electrons. The summed E-state index contributed by atoms with van der Waals surface area (Å²) in [5, 5.41) is 3.28. The molecule has 1 aromatic carbocycles. The Balaban J connectivity index is 2.98. The van der Waals surface area contributed by atoms with Crippen molar-refractivity contribution in [1.29, 1.82) is 0 Å². The summed E-state index contributed by atoms with van der Waals surface area (Å²) >= 11 is 0. The average Bonchev–Trinajstić information content (AvgIpc) is 2.24. The SMILES string of the molecule is CS(=O)(=O)Cc1ccccc1C#CCN=[N+]=[N-]. The summed E-state index contributed by atoms with van der Waals surface area (Å²) in [5.41, 5.74) is 9.38. The molecule has 0 saturated heterocycles. The molecular weight excluding hydrogens is 238 g/mol. The monoisotopic (exact) mass is 249 g/mol. The third-order valence-electron chi connectivity index (χ3n) is 1.87. The average molecular weight is 249 g/mol. The highest BCUT2D eigenvalue weighted by molar-refractivity contribution is 7.89. The van der Waals surface area contributed by atoms with Crippen LogP contribution >= 0.6 is 0 Å². The number of hydrogen-bond donors (Lipinski definition) is 0. The molecule has 5 nitrogen and oxygen atoms in total. The van der Waals surface area contributed by atoms with E-state index >= 15 is 0 Å². The van der Waals surface area contributed by atoms with Crippen molar-refractivity contribution in [1.82, 2.24) is 0 Å². The molecule has 0 aliphatic rings. The second-order valence-corrected chi connectivity index (χ2v) is 5.56.